The molecule has 1 spiro atoms. The molecule has 5 heteroatoms. The molecule has 1 aliphatic carbocycles. The molecule has 1 aromatic heterocycles. The molecular formula is C22H26N4O. The molecule has 1 aromatic carbocycles. The zero-order valence-electron chi connectivity index (χ0n) is 15.7. The zero-order chi connectivity index (χ0) is 18.3. The number of likely N-dealkylation sites (tertiary alicyclic amines) is 2. The Morgan fingerprint density at radius 3 is 2.41 bits per heavy atom. The van der Waals surface area contributed by atoms with Crippen LogP contribution in [0.15, 0.2) is 42.7 Å². The second kappa shape index (κ2) is 6.71. The van der Waals surface area contributed by atoms with Gasteiger partial charge in [-0.05, 0) is 45.1 Å². The fraction of sp³-hybridized carbons (Fsp3) is 0.500. The Balaban J connectivity index is 1.34. The Bertz CT molecular complexity index is 818. The molecule has 3 aliphatic rings. The zero-order valence-corrected chi connectivity index (χ0v) is 15.7. The van der Waals surface area contributed by atoms with Gasteiger partial charge < -0.3 is 4.90 Å². The maximum Gasteiger partial charge on any atom is 0.243 e. The number of piperidine rings is 1. The second-order valence-corrected chi connectivity index (χ2v) is 8.17. The van der Waals surface area contributed by atoms with Crippen molar-refractivity contribution in [1.29, 1.82) is 0 Å². The first kappa shape index (κ1) is 16.9. The van der Waals surface area contributed by atoms with Crippen molar-refractivity contribution < 1.29 is 4.79 Å². The summed E-state index contributed by atoms with van der Waals surface area (Å²) < 4.78 is 0. The Morgan fingerprint density at radius 1 is 1.00 bits per heavy atom. The largest absolute Gasteiger partial charge is 0.338 e. The summed E-state index contributed by atoms with van der Waals surface area (Å²) in [5, 5.41) is 0. The number of benzene rings is 1. The molecule has 27 heavy (non-hydrogen) atoms. The third-order valence-corrected chi connectivity index (χ3v) is 6.37. The molecule has 1 atom stereocenters. The number of rotatable bonds is 4. The van der Waals surface area contributed by atoms with Gasteiger partial charge >= 0.3 is 0 Å². The van der Waals surface area contributed by atoms with Gasteiger partial charge in [-0.25, -0.2) is 9.97 Å². The van der Waals surface area contributed by atoms with Crippen molar-refractivity contribution in [2.24, 2.45) is 0 Å². The number of carbonyl (C=O) groups excluding carboxylic acids is 1. The number of amides is 1. The minimum atomic E-state index is -0.279. The lowest BCUT2D eigenvalue weighted by Crippen LogP contribution is -2.60. The van der Waals surface area contributed by atoms with E-state index in [1.54, 1.807) is 0 Å². The smallest absolute Gasteiger partial charge is 0.243 e. The normalized spacial score (nSPS) is 26.1. The van der Waals surface area contributed by atoms with Gasteiger partial charge in [0.2, 0.25) is 5.91 Å². The third-order valence-electron chi connectivity index (χ3n) is 6.37. The summed E-state index contributed by atoms with van der Waals surface area (Å²) in [6, 6.07) is 10.6. The van der Waals surface area contributed by atoms with E-state index in [0.717, 1.165) is 62.3 Å². The summed E-state index contributed by atoms with van der Waals surface area (Å²) >= 11 is 0. The lowest BCUT2D eigenvalue weighted by Gasteiger charge is -2.45. The van der Waals surface area contributed by atoms with Crippen LogP contribution in [-0.2, 0) is 11.3 Å². The second-order valence-electron chi connectivity index (χ2n) is 8.17. The van der Waals surface area contributed by atoms with E-state index in [4.69, 9.17) is 0 Å². The van der Waals surface area contributed by atoms with Crippen molar-refractivity contribution in [3.63, 3.8) is 0 Å². The highest BCUT2D eigenvalue weighted by Crippen LogP contribution is 2.42. The highest BCUT2D eigenvalue weighted by atomic mass is 16.2. The maximum absolute atomic E-state index is 13.3. The van der Waals surface area contributed by atoms with Crippen molar-refractivity contribution in [2.75, 3.05) is 13.1 Å². The van der Waals surface area contributed by atoms with Gasteiger partial charge in [-0.15, -0.1) is 0 Å². The topological polar surface area (TPSA) is 49.3 Å². The first-order chi connectivity index (χ1) is 13.3. The molecule has 1 amide bonds. The summed E-state index contributed by atoms with van der Waals surface area (Å²) in [5.41, 5.74) is 1.84. The third kappa shape index (κ3) is 3.04. The van der Waals surface area contributed by atoms with Gasteiger partial charge in [-0.3, -0.25) is 9.69 Å². The van der Waals surface area contributed by atoms with Crippen molar-refractivity contribution in [1.82, 2.24) is 19.8 Å². The van der Waals surface area contributed by atoms with Crippen molar-refractivity contribution in [3.05, 3.63) is 48.3 Å². The lowest BCUT2D eigenvalue weighted by molar-refractivity contribution is -0.148. The van der Waals surface area contributed by atoms with Crippen LogP contribution in [0.3, 0.4) is 0 Å². The summed E-state index contributed by atoms with van der Waals surface area (Å²) in [7, 11) is 0. The van der Waals surface area contributed by atoms with Crippen LogP contribution < -0.4 is 0 Å². The fourth-order valence-electron chi connectivity index (χ4n) is 4.84. The molecule has 0 N–H and O–H groups in total. The molecule has 2 aliphatic heterocycles. The Kier molecular flexibility index (Phi) is 4.20. The van der Waals surface area contributed by atoms with Crippen LogP contribution in [0.25, 0.3) is 11.4 Å². The predicted octanol–water partition coefficient (Wildman–Crippen LogP) is 3.26. The van der Waals surface area contributed by atoms with Gasteiger partial charge in [-0.2, -0.15) is 0 Å². The Hall–Kier alpha value is -2.27. The van der Waals surface area contributed by atoms with E-state index < -0.39 is 0 Å². The van der Waals surface area contributed by atoms with Crippen molar-refractivity contribution in [2.45, 2.75) is 56.7 Å². The van der Waals surface area contributed by atoms with Crippen LogP contribution in [0.2, 0.25) is 0 Å². The first-order valence-corrected chi connectivity index (χ1v) is 10.2. The summed E-state index contributed by atoms with van der Waals surface area (Å²) in [4.78, 5) is 27.0. The van der Waals surface area contributed by atoms with E-state index in [1.807, 2.05) is 42.7 Å². The van der Waals surface area contributed by atoms with Crippen LogP contribution in [0.1, 0.15) is 44.1 Å². The van der Waals surface area contributed by atoms with Gasteiger partial charge in [0, 0.05) is 42.7 Å². The van der Waals surface area contributed by atoms with Crippen LogP contribution in [0.5, 0.6) is 0 Å². The van der Waals surface area contributed by atoms with Crippen LogP contribution in [0, 0.1) is 0 Å². The summed E-state index contributed by atoms with van der Waals surface area (Å²) in [6.45, 7) is 2.71. The van der Waals surface area contributed by atoms with Crippen molar-refractivity contribution >= 4 is 5.91 Å². The van der Waals surface area contributed by atoms with Gasteiger partial charge in [0.25, 0.3) is 0 Å². The summed E-state index contributed by atoms with van der Waals surface area (Å²) in [5.74, 6) is 1.14. The Morgan fingerprint density at radius 2 is 1.70 bits per heavy atom. The number of aromatic nitrogens is 2. The molecular weight excluding hydrogens is 336 g/mol. The maximum atomic E-state index is 13.3. The van der Waals surface area contributed by atoms with Crippen LogP contribution in [0.4, 0.5) is 0 Å². The number of hydrogen-bond acceptors (Lipinski definition) is 4. The molecule has 3 heterocycles. The minimum Gasteiger partial charge on any atom is -0.338 e. The number of hydrogen-bond donors (Lipinski definition) is 0. The number of carbonyl (C=O) groups is 1. The Labute approximate surface area is 160 Å². The van der Waals surface area contributed by atoms with E-state index in [1.165, 1.54) is 12.8 Å². The summed E-state index contributed by atoms with van der Waals surface area (Å²) in [6.07, 6.45) is 10.5. The molecule has 1 saturated carbocycles. The van der Waals surface area contributed by atoms with Gasteiger partial charge in [-0.1, -0.05) is 30.3 Å². The van der Waals surface area contributed by atoms with Crippen LogP contribution >= 0.6 is 0 Å². The highest BCUT2D eigenvalue weighted by Gasteiger charge is 2.52. The number of nitrogens with zero attached hydrogens (tertiary/aromatic N) is 4. The molecule has 2 aromatic rings. The fourth-order valence-corrected chi connectivity index (χ4v) is 4.84. The molecule has 1 unspecified atom stereocenters. The molecule has 2 saturated heterocycles. The standard InChI is InChI=1S/C22H26N4O/c27-21-22(11-5-13-26(21)19-8-9-19)10-4-12-25(22)16-17-14-23-20(24-15-17)18-6-2-1-3-7-18/h1-3,6-7,14-15,19H,4-5,8-13,16H2. The quantitative estimate of drug-likeness (QED) is 0.838. The molecule has 5 nitrogen and oxygen atoms in total. The van der Waals surface area contributed by atoms with E-state index in [-0.39, 0.29) is 5.54 Å². The highest BCUT2D eigenvalue weighted by molar-refractivity contribution is 5.88. The van der Waals surface area contributed by atoms with E-state index in [0.29, 0.717) is 11.9 Å². The SMILES string of the molecule is O=C1N(C2CC2)CCCC12CCCN2Cc1cnc(-c2ccccc2)nc1. The molecule has 3 fully saturated rings. The average Bonchev–Trinajstić information content (AvgIpc) is 3.48. The molecule has 140 valence electrons. The lowest BCUT2D eigenvalue weighted by atomic mass is 9.85. The van der Waals surface area contributed by atoms with Gasteiger partial charge in [0.1, 0.15) is 5.54 Å². The minimum absolute atomic E-state index is 0.279. The first-order valence-electron chi connectivity index (χ1n) is 10.2. The average molecular weight is 362 g/mol. The van der Waals surface area contributed by atoms with Crippen molar-refractivity contribution in [3.8, 4) is 11.4 Å². The monoisotopic (exact) mass is 362 g/mol. The van der Waals surface area contributed by atoms with Crippen LogP contribution in [-0.4, -0.2) is 50.3 Å². The van der Waals surface area contributed by atoms with Gasteiger partial charge in [0.05, 0.1) is 0 Å². The van der Waals surface area contributed by atoms with E-state index >= 15 is 0 Å². The van der Waals surface area contributed by atoms with E-state index in [9.17, 15) is 4.79 Å². The molecule has 0 bridgehead atoms. The molecule has 5 rings (SSSR count). The molecule has 0 radical (unpaired) electrons. The predicted molar refractivity (Wildman–Crippen MR) is 104 cm³/mol. The van der Waals surface area contributed by atoms with E-state index in [2.05, 4.69) is 19.8 Å². The van der Waals surface area contributed by atoms with Gasteiger partial charge in [0.15, 0.2) is 5.82 Å².